The normalized spacial score (nSPS) is 18.4. The Kier molecular flexibility index (Phi) is 5.98. The maximum Gasteiger partial charge on any atom is 0.332 e. The zero-order valence-corrected chi connectivity index (χ0v) is 13.9. The van der Waals surface area contributed by atoms with Gasteiger partial charge in [-0.2, -0.15) is 0 Å². The molecule has 0 radical (unpaired) electrons. The first-order chi connectivity index (χ1) is 11.4. The van der Waals surface area contributed by atoms with E-state index in [1.54, 1.807) is 38.1 Å². The first kappa shape index (κ1) is 18.0. The van der Waals surface area contributed by atoms with E-state index < -0.39 is 11.9 Å². The summed E-state index contributed by atoms with van der Waals surface area (Å²) >= 11 is 0. The van der Waals surface area contributed by atoms with Gasteiger partial charge in [0.2, 0.25) is 0 Å². The van der Waals surface area contributed by atoms with Crippen molar-refractivity contribution in [2.45, 2.75) is 32.8 Å². The quantitative estimate of drug-likeness (QED) is 0.661. The molecule has 6 heteroatoms. The van der Waals surface area contributed by atoms with Gasteiger partial charge >= 0.3 is 11.9 Å². The van der Waals surface area contributed by atoms with Gasteiger partial charge in [0.15, 0.2) is 0 Å². The van der Waals surface area contributed by atoms with E-state index in [9.17, 15) is 19.8 Å². The summed E-state index contributed by atoms with van der Waals surface area (Å²) < 4.78 is 5.82. The summed E-state index contributed by atoms with van der Waals surface area (Å²) in [4.78, 5) is 22.9. The Balaban J connectivity index is 2.16. The van der Waals surface area contributed by atoms with Crippen molar-refractivity contribution in [3.05, 3.63) is 41.0 Å². The zero-order chi connectivity index (χ0) is 17.7. The molecule has 0 saturated carbocycles. The van der Waals surface area contributed by atoms with Gasteiger partial charge in [0.05, 0.1) is 11.1 Å². The molecule has 0 aromatic heterocycles. The van der Waals surface area contributed by atoms with Crippen LogP contribution in [0.15, 0.2) is 35.4 Å². The number of carboxylic acids is 2. The average molecular weight is 333 g/mol. The minimum Gasteiger partial charge on any atom is -0.489 e. The summed E-state index contributed by atoms with van der Waals surface area (Å²) in [6.07, 6.45) is 1.19. The van der Waals surface area contributed by atoms with Crippen LogP contribution in [0.3, 0.4) is 0 Å². The van der Waals surface area contributed by atoms with Crippen LogP contribution in [0, 0.1) is 5.92 Å². The number of hydrogen-bond donors (Lipinski definition) is 3. The van der Waals surface area contributed by atoms with Gasteiger partial charge in [-0.05, 0) is 36.6 Å². The Labute approximate surface area is 141 Å². The second-order valence-corrected chi connectivity index (χ2v) is 6.21. The SMILES string of the molecule is CC(C)/C(C(=O)O)=C(\Cc1ccc(OC2CCNC2)cc1)C(=O)O. The lowest BCUT2D eigenvalue weighted by molar-refractivity contribution is -0.136. The number of carboxylic acid groups (broad SMARTS) is 2. The lowest BCUT2D eigenvalue weighted by atomic mass is 9.93. The summed E-state index contributed by atoms with van der Waals surface area (Å²) in [5.74, 6) is -2.02. The van der Waals surface area contributed by atoms with Crippen LogP contribution in [0.2, 0.25) is 0 Å². The fourth-order valence-corrected chi connectivity index (χ4v) is 2.82. The van der Waals surface area contributed by atoms with Crippen molar-refractivity contribution in [3.63, 3.8) is 0 Å². The molecule has 0 spiro atoms. The Bertz CT molecular complexity index is 627. The van der Waals surface area contributed by atoms with Gasteiger partial charge in [0.1, 0.15) is 11.9 Å². The highest BCUT2D eigenvalue weighted by Crippen LogP contribution is 2.22. The first-order valence-electron chi connectivity index (χ1n) is 8.04. The van der Waals surface area contributed by atoms with Crippen molar-refractivity contribution >= 4 is 11.9 Å². The number of aliphatic carboxylic acids is 2. The molecule has 1 saturated heterocycles. The van der Waals surface area contributed by atoms with E-state index in [0.717, 1.165) is 30.8 Å². The van der Waals surface area contributed by atoms with Gasteiger partial charge in [-0.3, -0.25) is 0 Å². The van der Waals surface area contributed by atoms with E-state index in [-0.39, 0.29) is 29.6 Å². The van der Waals surface area contributed by atoms with Crippen LogP contribution in [-0.4, -0.2) is 41.3 Å². The van der Waals surface area contributed by atoms with Crippen molar-refractivity contribution < 1.29 is 24.5 Å². The summed E-state index contributed by atoms with van der Waals surface area (Å²) in [7, 11) is 0. The highest BCUT2D eigenvalue weighted by atomic mass is 16.5. The number of nitrogens with one attached hydrogen (secondary N) is 1. The van der Waals surface area contributed by atoms with Gasteiger partial charge in [-0.1, -0.05) is 26.0 Å². The standard InChI is InChI=1S/C18H23NO5/c1-11(2)16(18(22)23)15(17(20)21)9-12-3-5-13(6-4-12)24-14-7-8-19-10-14/h3-6,11,14,19H,7-10H2,1-2H3,(H,20,21)(H,22,23)/b16-15-. The second-order valence-electron chi connectivity index (χ2n) is 6.21. The maximum atomic E-state index is 11.5. The smallest absolute Gasteiger partial charge is 0.332 e. The molecule has 2 rings (SSSR count). The molecule has 6 nitrogen and oxygen atoms in total. The molecule has 1 aliphatic heterocycles. The van der Waals surface area contributed by atoms with Crippen LogP contribution >= 0.6 is 0 Å². The fourth-order valence-electron chi connectivity index (χ4n) is 2.82. The van der Waals surface area contributed by atoms with Crippen LogP contribution in [0.25, 0.3) is 0 Å². The number of hydrogen-bond acceptors (Lipinski definition) is 4. The lowest BCUT2D eigenvalue weighted by Gasteiger charge is -2.14. The van der Waals surface area contributed by atoms with Crippen LogP contribution < -0.4 is 10.1 Å². The van der Waals surface area contributed by atoms with Crippen LogP contribution in [-0.2, 0) is 16.0 Å². The lowest BCUT2D eigenvalue weighted by Crippen LogP contribution is -2.19. The van der Waals surface area contributed by atoms with Crippen LogP contribution in [0.5, 0.6) is 5.75 Å². The van der Waals surface area contributed by atoms with E-state index in [4.69, 9.17) is 4.74 Å². The molecule has 1 atom stereocenters. The van der Waals surface area contributed by atoms with Gasteiger partial charge in [-0.25, -0.2) is 9.59 Å². The van der Waals surface area contributed by atoms with E-state index in [2.05, 4.69) is 5.32 Å². The molecule has 24 heavy (non-hydrogen) atoms. The molecule has 1 aliphatic rings. The topological polar surface area (TPSA) is 95.9 Å². The van der Waals surface area contributed by atoms with Crippen molar-refractivity contribution in [3.8, 4) is 5.75 Å². The Hall–Kier alpha value is -2.34. The van der Waals surface area contributed by atoms with Gasteiger partial charge in [-0.15, -0.1) is 0 Å². The highest BCUT2D eigenvalue weighted by Gasteiger charge is 2.23. The van der Waals surface area contributed by atoms with Crippen molar-refractivity contribution in [1.29, 1.82) is 0 Å². The Morgan fingerprint density at radius 3 is 2.33 bits per heavy atom. The molecule has 1 aromatic rings. The number of ether oxygens (including phenoxy) is 1. The van der Waals surface area contributed by atoms with E-state index in [1.807, 2.05) is 0 Å². The predicted octanol–water partition coefficient (Wildman–Crippen LogP) is 2.09. The van der Waals surface area contributed by atoms with Gasteiger partial charge in [0, 0.05) is 13.0 Å². The third-order valence-corrected chi connectivity index (χ3v) is 4.01. The molecule has 1 fully saturated rings. The minimum absolute atomic E-state index is 0.0557. The number of rotatable bonds is 7. The first-order valence-corrected chi connectivity index (χ1v) is 8.04. The molecule has 0 bridgehead atoms. The monoisotopic (exact) mass is 333 g/mol. The molecule has 130 valence electrons. The molecule has 1 aromatic carbocycles. The number of carbonyl (C=O) groups is 2. The zero-order valence-electron chi connectivity index (χ0n) is 13.9. The van der Waals surface area contributed by atoms with Gasteiger partial charge < -0.3 is 20.3 Å². The van der Waals surface area contributed by atoms with Crippen molar-refractivity contribution in [2.24, 2.45) is 5.92 Å². The van der Waals surface area contributed by atoms with E-state index in [1.165, 1.54) is 0 Å². The maximum absolute atomic E-state index is 11.5. The van der Waals surface area contributed by atoms with Crippen molar-refractivity contribution in [1.82, 2.24) is 5.32 Å². The summed E-state index contributed by atoms with van der Waals surface area (Å²) in [6, 6.07) is 7.15. The number of benzene rings is 1. The molecular formula is C18H23NO5. The minimum atomic E-state index is -1.20. The van der Waals surface area contributed by atoms with E-state index >= 15 is 0 Å². The third-order valence-electron chi connectivity index (χ3n) is 4.01. The summed E-state index contributed by atoms with van der Waals surface area (Å²) in [6.45, 7) is 5.13. The van der Waals surface area contributed by atoms with Gasteiger partial charge in [0.25, 0.3) is 0 Å². The molecule has 1 heterocycles. The molecule has 3 N–H and O–H groups in total. The summed E-state index contributed by atoms with van der Waals surface area (Å²) in [5.41, 5.74) is 0.606. The van der Waals surface area contributed by atoms with E-state index in [0.29, 0.717) is 0 Å². The summed E-state index contributed by atoms with van der Waals surface area (Å²) in [5, 5.41) is 21.9. The molecular weight excluding hydrogens is 310 g/mol. The average Bonchev–Trinajstić information content (AvgIpc) is 3.00. The highest BCUT2D eigenvalue weighted by molar-refractivity contribution is 5.99. The third kappa shape index (κ3) is 4.58. The second kappa shape index (κ2) is 7.97. The molecule has 1 unspecified atom stereocenters. The molecule has 0 aliphatic carbocycles. The fraction of sp³-hybridized carbons (Fsp3) is 0.444. The van der Waals surface area contributed by atoms with Crippen molar-refractivity contribution in [2.75, 3.05) is 13.1 Å². The Morgan fingerprint density at radius 2 is 1.88 bits per heavy atom. The molecule has 0 amide bonds. The van der Waals surface area contributed by atoms with Crippen LogP contribution in [0.4, 0.5) is 0 Å². The van der Waals surface area contributed by atoms with Crippen LogP contribution in [0.1, 0.15) is 25.8 Å². The predicted molar refractivity (Wildman–Crippen MR) is 89.2 cm³/mol. The largest absolute Gasteiger partial charge is 0.489 e. The Morgan fingerprint density at radius 1 is 1.21 bits per heavy atom.